The summed E-state index contributed by atoms with van der Waals surface area (Å²) in [6, 6.07) is 12.1. The van der Waals surface area contributed by atoms with E-state index in [0.717, 1.165) is 5.56 Å². The van der Waals surface area contributed by atoms with Crippen molar-refractivity contribution in [3.05, 3.63) is 53.6 Å². The SMILES string of the molecule is CCOc1ccc(C=Nc2ccccc2C(=O)O)cc1OCC. The number of rotatable bonds is 7. The molecule has 0 aliphatic heterocycles. The number of aromatic carboxylic acids is 1. The maximum absolute atomic E-state index is 11.2. The van der Waals surface area contributed by atoms with Gasteiger partial charge in [0.1, 0.15) is 0 Å². The Kier molecular flexibility index (Phi) is 5.74. The summed E-state index contributed by atoms with van der Waals surface area (Å²) in [4.78, 5) is 15.5. The number of hydrogen-bond acceptors (Lipinski definition) is 4. The highest BCUT2D eigenvalue weighted by molar-refractivity contribution is 5.95. The summed E-state index contributed by atoms with van der Waals surface area (Å²) in [6.45, 7) is 4.90. The number of carboxylic acid groups (broad SMARTS) is 1. The molecule has 0 saturated carbocycles. The minimum absolute atomic E-state index is 0.166. The molecule has 0 spiro atoms. The van der Waals surface area contributed by atoms with Crippen LogP contribution in [-0.4, -0.2) is 30.5 Å². The third kappa shape index (κ3) is 4.32. The lowest BCUT2D eigenvalue weighted by Crippen LogP contribution is -1.99. The van der Waals surface area contributed by atoms with Crippen LogP contribution in [0.1, 0.15) is 29.8 Å². The van der Waals surface area contributed by atoms with Crippen molar-refractivity contribution in [3.63, 3.8) is 0 Å². The second-order valence-corrected chi connectivity index (χ2v) is 4.65. The van der Waals surface area contributed by atoms with E-state index in [0.29, 0.717) is 30.4 Å². The number of carbonyl (C=O) groups is 1. The van der Waals surface area contributed by atoms with E-state index in [1.165, 1.54) is 6.07 Å². The Morgan fingerprint density at radius 2 is 1.78 bits per heavy atom. The Hall–Kier alpha value is -2.82. The Balaban J connectivity index is 2.29. The summed E-state index contributed by atoms with van der Waals surface area (Å²) in [5, 5.41) is 9.16. The molecule has 23 heavy (non-hydrogen) atoms. The van der Waals surface area contributed by atoms with E-state index in [2.05, 4.69) is 4.99 Å². The zero-order valence-corrected chi connectivity index (χ0v) is 13.2. The number of benzene rings is 2. The second kappa shape index (κ2) is 7.98. The van der Waals surface area contributed by atoms with Crippen molar-refractivity contribution in [2.75, 3.05) is 13.2 Å². The van der Waals surface area contributed by atoms with Crippen molar-refractivity contribution in [1.82, 2.24) is 0 Å². The molecule has 0 aliphatic rings. The molecule has 0 radical (unpaired) electrons. The van der Waals surface area contributed by atoms with E-state index < -0.39 is 5.97 Å². The van der Waals surface area contributed by atoms with Gasteiger partial charge in [-0.25, -0.2) is 4.79 Å². The van der Waals surface area contributed by atoms with Gasteiger partial charge in [-0.3, -0.25) is 4.99 Å². The van der Waals surface area contributed by atoms with Gasteiger partial charge in [-0.2, -0.15) is 0 Å². The van der Waals surface area contributed by atoms with E-state index in [4.69, 9.17) is 14.6 Å². The molecule has 5 heteroatoms. The van der Waals surface area contributed by atoms with Crippen LogP contribution in [-0.2, 0) is 0 Å². The topological polar surface area (TPSA) is 68.1 Å². The van der Waals surface area contributed by atoms with Crippen molar-refractivity contribution in [2.24, 2.45) is 4.99 Å². The van der Waals surface area contributed by atoms with Crippen molar-refractivity contribution in [1.29, 1.82) is 0 Å². The fourth-order valence-electron chi connectivity index (χ4n) is 2.06. The molecule has 0 heterocycles. The summed E-state index contributed by atoms with van der Waals surface area (Å²) >= 11 is 0. The molecule has 0 bridgehead atoms. The molecule has 5 nitrogen and oxygen atoms in total. The number of para-hydroxylation sites is 1. The molecule has 0 aromatic heterocycles. The maximum Gasteiger partial charge on any atom is 0.337 e. The molecular weight excluding hydrogens is 294 g/mol. The lowest BCUT2D eigenvalue weighted by molar-refractivity contribution is 0.0698. The van der Waals surface area contributed by atoms with Crippen LogP contribution in [0.3, 0.4) is 0 Å². The number of nitrogens with zero attached hydrogens (tertiary/aromatic N) is 1. The van der Waals surface area contributed by atoms with Gasteiger partial charge in [-0.15, -0.1) is 0 Å². The van der Waals surface area contributed by atoms with Crippen LogP contribution in [0, 0.1) is 0 Å². The highest BCUT2D eigenvalue weighted by Crippen LogP contribution is 2.28. The predicted molar refractivity (Wildman–Crippen MR) is 89.4 cm³/mol. The van der Waals surface area contributed by atoms with E-state index in [1.807, 2.05) is 32.0 Å². The number of aliphatic imine (C=N–C) groups is 1. The number of hydrogen-bond donors (Lipinski definition) is 1. The molecule has 0 fully saturated rings. The summed E-state index contributed by atoms with van der Waals surface area (Å²) in [5.41, 5.74) is 1.38. The lowest BCUT2D eigenvalue weighted by atomic mass is 10.2. The quantitative estimate of drug-likeness (QED) is 0.786. The Morgan fingerprint density at radius 3 is 2.48 bits per heavy atom. The van der Waals surface area contributed by atoms with Crippen LogP contribution in [0.25, 0.3) is 0 Å². The lowest BCUT2D eigenvalue weighted by Gasteiger charge is -2.11. The van der Waals surface area contributed by atoms with Crippen LogP contribution < -0.4 is 9.47 Å². The van der Waals surface area contributed by atoms with E-state index in [-0.39, 0.29) is 5.56 Å². The van der Waals surface area contributed by atoms with Crippen molar-refractivity contribution < 1.29 is 19.4 Å². The first kappa shape index (κ1) is 16.5. The van der Waals surface area contributed by atoms with E-state index in [9.17, 15) is 4.79 Å². The second-order valence-electron chi connectivity index (χ2n) is 4.65. The summed E-state index contributed by atoms with van der Waals surface area (Å²) < 4.78 is 11.1. The molecule has 1 N–H and O–H groups in total. The normalized spacial score (nSPS) is 10.7. The van der Waals surface area contributed by atoms with Gasteiger partial charge in [-0.1, -0.05) is 12.1 Å². The average Bonchev–Trinajstić information content (AvgIpc) is 2.55. The third-order valence-electron chi connectivity index (χ3n) is 3.05. The molecule has 0 saturated heterocycles. The number of carboxylic acids is 1. The minimum atomic E-state index is -1.00. The molecule has 0 atom stereocenters. The van der Waals surface area contributed by atoms with Gasteiger partial charge in [0.25, 0.3) is 0 Å². The van der Waals surface area contributed by atoms with Crippen molar-refractivity contribution >= 4 is 17.9 Å². The smallest absolute Gasteiger partial charge is 0.337 e. The fraction of sp³-hybridized carbons (Fsp3) is 0.222. The maximum atomic E-state index is 11.2. The Morgan fingerprint density at radius 1 is 1.09 bits per heavy atom. The molecule has 0 aliphatic carbocycles. The molecule has 2 rings (SSSR count). The molecule has 120 valence electrons. The van der Waals surface area contributed by atoms with Crippen molar-refractivity contribution in [3.8, 4) is 11.5 Å². The van der Waals surface area contributed by atoms with Gasteiger partial charge in [0.05, 0.1) is 24.5 Å². The Bertz CT molecular complexity index is 710. The molecular formula is C18H19NO4. The van der Waals surface area contributed by atoms with E-state index in [1.54, 1.807) is 24.4 Å². The monoisotopic (exact) mass is 313 g/mol. The molecule has 2 aromatic carbocycles. The Labute approximate surface area is 135 Å². The largest absolute Gasteiger partial charge is 0.490 e. The van der Waals surface area contributed by atoms with Crippen LogP contribution in [0.5, 0.6) is 11.5 Å². The first-order chi connectivity index (χ1) is 11.2. The standard InChI is InChI=1S/C18H19NO4/c1-3-22-16-10-9-13(11-17(16)23-4-2)12-19-15-8-6-5-7-14(15)18(20)21/h5-12H,3-4H2,1-2H3,(H,20,21). The summed E-state index contributed by atoms with van der Waals surface area (Å²) in [5.74, 6) is 0.321. The zero-order chi connectivity index (χ0) is 16.7. The van der Waals surface area contributed by atoms with Crippen LogP contribution in [0.2, 0.25) is 0 Å². The average molecular weight is 313 g/mol. The molecule has 0 amide bonds. The summed E-state index contributed by atoms with van der Waals surface area (Å²) in [7, 11) is 0. The van der Waals surface area contributed by atoms with Gasteiger partial charge in [-0.05, 0) is 49.7 Å². The van der Waals surface area contributed by atoms with Crippen molar-refractivity contribution in [2.45, 2.75) is 13.8 Å². The van der Waals surface area contributed by atoms with Crippen LogP contribution in [0.15, 0.2) is 47.5 Å². The van der Waals surface area contributed by atoms with Gasteiger partial charge in [0, 0.05) is 6.21 Å². The predicted octanol–water partition coefficient (Wildman–Crippen LogP) is 3.93. The molecule has 2 aromatic rings. The first-order valence-corrected chi connectivity index (χ1v) is 7.41. The fourth-order valence-corrected chi connectivity index (χ4v) is 2.06. The summed E-state index contributed by atoms with van der Waals surface area (Å²) in [6.07, 6.45) is 1.61. The van der Waals surface area contributed by atoms with Crippen LogP contribution in [0.4, 0.5) is 5.69 Å². The minimum Gasteiger partial charge on any atom is -0.490 e. The van der Waals surface area contributed by atoms with Crippen LogP contribution >= 0.6 is 0 Å². The van der Waals surface area contributed by atoms with Gasteiger partial charge in [0.2, 0.25) is 0 Å². The zero-order valence-electron chi connectivity index (χ0n) is 13.2. The molecule has 0 unspecified atom stereocenters. The van der Waals surface area contributed by atoms with E-state index >= 15 is 0 Å². The number of ether oxygens (including phenoxy) is 2. The first-order valence-electron chi connectivity index (χ1n) is 7.41. The highest BCUT2D eigenvalue weighted by atomic mass is 16.5. The van der Waals surface area contributed by atoms with Gasteiger partial charge in [0.15, 0.2) is 11.5 Å². The van der Waals surface area contributed by atoms with Gasteiger partial charge < -0.3 is 14.6 Å². The van der Waals surface area contributed by atoms with Gasteiger partial charge >= 0.3 is 5.97 Å². The third-order valence-corrected chi connectivity index (χ3v) is 3.05. The highest BCUT2D eigenvalue weighted by Gasteiger charge is 2.08.